The summed E-state index contributed by atoms with van der Waals surface area (Å²) in [6.07, 6.45) is 5.15. The summed E-state index contributed by atoms with van der Waals surface area (Å²) in [5, 5.41) is 20.9. The van der Waals surface area contributed by atoms with Crippen molar-refractivity contribution in [2.75, 3.05) is 13.1 Å². The molecule has 1 fully saturated rings. The molecule has 1 aliphatic heterocycles. The number of aliphatic hydroxyl groups is 1. The molecule has 1 unspecified atom stereocenters. The number of benzene rings is 1. The highest BCUT2D eigenvalue weighted by Gasteiger charge is 2.42. The number of nitrogens with zero attached hydrogens (tertiary/aromatic N) is 3. The molecule has 0 bridgehead atoms. The van der Waals surface area contributed by atoms with Crippen molar-refractivity contribution in [2.24, 2.45) is 0 Å². The van der Waals surface area contributed by atoms with Crippen molar-refractivity contribution in [3.05, 3.63) is 46.8 Å². The number of hydrogen-bond donors (Lipinski definition) is 2. The normalized spacial score (nSPS) is 23.8. The molecule has 22 heavy (non-hydrogen) atoms. The summed E-state index contributed by atoms with van der Waals surface area (Å²) < 4.78 is 0. The summed E-state index contributed by atoms with van der Waals surface area (Å²) in [5.41, 5.74) is 2.67. The number of carbonyl (C=O) groups is 1. The molecule has 114 valence electrons. The molecule has 2 aliphatic rings. The average Bonchev–Trinajstić information content (AvgIpc) is 3.26. The van der Waals surface area contributed by atoms with Gasteiger partial charge in [0.05, 0.1) is 12.7 Å². The molecular weight excluding hydrogens is 280 g/mol. The van der Waals surface area contributed by atoms with Crippen molar-refractivity contribution in [1.82, 2.24) is 20.3 Å². The Kier molecular flexibility index (Phi) is 3.00. The molecular formula is C16H18N4O2. The van der Waals surface area contributed by atoms with Gasteiger partial charge in [-0.25, -0.2) is 0 Å². The van der Waals surface area contributed by atoms with Gasteiger partial charge < -0.3 is 10.0 Å². The zero-order valence-corrected chi connectivity index (χ0v) is 12.2. The summed E-state index contributed by atoms with van der Waals surface area (Å²) in [7, 11) is 0. The van der Waals surface area contributed by atoms with E-state index in [2.05, 4.69) is 21.5 Å². The van der Waals surface area contributed by atoms with E-state index in [0.717, 1.165) is 24.8 Å². The van der Waals surface area contributed by atoms with Crippen molar-refractivity contribution in [2.45, 2.75) is 31.3 Å². The lowest BCUT2D eigenvalue weighted by Gasteiger charge is -2.22. The maximum Gasteiger partial charge on any atom is 0.254 e. The van der Waals surface area contributed by atoms with Crippen LogP contribution in [0.1, 0.15) is 40.0 Å². The van der Waals surface area contributed by atoms with Crippen LogP contribution in [0.5, 0.6) is 0 Å². The number of aromatic nitrogens is 3. The number of fused-ring (bicyclic) bond motifs is 1. The van der Waals surface area contributed by atoms with Gasteiger partial charge in [-0.15, -0.1) is 0 Å². The van der Waals surface area contributed by atoms with Crippen LogP contribution in [-0.2, 0) is 18.4 Å². The second kappa shape index (κ2) is 4.91. The van der Waals surface area contributed by atoms with Crippen molar-refractivity contribution >= 4 is 5.91 Å². The SMILES string of the molecule is O=C(c1cccc2c1CCC2)N1CCC(O)(c2cn[nH]n2)C1. The number of aromatic amines is 1. The Morgan fingerprint density at radius 2 is 2.27 bits per heavy atom. The van der Waals surface area contributed by atoms with Gasteiger partial charge in [0.1, 0.15) is 11.3 Å². The van der Waals surface area contributed by atoms with Crippen molar-refractivity contribution in [3.63, 3.8) is 0 Å². The monoisotopic (exact) mass is 298 g/mol. The molecule has 0 spiro atoms. The van der Waals surface area contributed by atoms with E-state index in [-0.39, 0.29) is 12.5 Å². The molecule has 1 aliphatic carbocycles. The Hall–Kier alpha value is -2.21. The van der Waals surface area contributed by atoms with Crippen LogP contribution >= 0.6 is 0 Å². The maximum absolute atomic E-state index is 12.8. The number of carbonyl (C=O) groups excluding carboxylic acids is 1. The number of nitrogens with one attached hydrogen (secondary N) is 1. The van der Waals surface area contributed by atoms with Gasteiger partial charge in [-0.1, -0.05) is 12.1 Å². The highest BCUT2D eigenvalue weighted by atomic mass is 16.3. The first kappa shape index (κ1) is 13.5. The molecule has 4 rings (SSSR count). The number of amides is 1. The Bertz CT molecular complexity index is 713. The van der Waals surface area contributed by atoms with E-state index in [9.17, 15) is 9.90 Å². The van der Waals surface area contributed by atoms with Gasteiger partial charge in [-0.2, -0.15) is 15.4 Å². The zero-order chi connectivity index (χ0) is 15.2. The number of aryl methyl sites for hydroxylation is 1. The first-order chi connectivity index (χ1) is 10.7. The molecule has 1 amide bonds. The van der Waals surface area contributed by atoms with Crippen molar-refractivity contribution in [1.29, 1.82) is 0 Å². The van der Waals surface area contributed by atoms with Crippen LogP contribution in [0.4, 0.5) is 0 Å². The van der Waals surface area contributed by atoms with Gasteiger partial charge in [0, 0.05) is 18.5 Å². The number of β-amino-alcohol motifs (C(OH)–C–C–N with tert-alkyl or cyclic N) is 1. The van der Waals surface area contributed by atoms with Gasteiger partial charge in [-0.3, -0.25) is 4.79 Å². The Morgan fingerprint density at radius 3 is 3.09 bits per heavy atom. The molecule has 1 aromatic carbocycles. The van der Waals surface area contributed by atoms with Crippen molar-refractivity contribution < 1.29 is 9.90 Å². The fourth-order valence-corrected chi connectivity index (χ4v) is 3.59. The van der Waals surface area contributed by atoms with Crippen LogP contribution in [0.2, 0.25) is 0 Å². The standard InChI is InChI=1S/C16H18N4O2/c21-15(13-6-2-4-11-3-1-5-12(11)13)20-8-7-16(22,10-20)14-9-17-19-18-14/h2,4,6,9,22H,1,3,5,7-8,10H2,(H,17,18,19). The van der Waals surface area contributed by atoms with Crippen LogP contribution in [0.3, 0.4) is 0 Å². The zero-order valence-electron chi connectivity index (χ0n) is 12.2. The quantitative estimate of drug-likeness (QED) is 0.867. The third-order valence-corrected chi connectivity index (χ3v) is 4.80. The van der Waals surface area contributed by atoms with E-state index in [1.54, 1.807) is 4.90 Å². The number of likely N-dealkylation sites (tertiary alicyclic amines) is 1. The summed E-state index contributed by atoms with van der Waals surface area (Å²) in [6, 6.07) is 5.96. The van der Waals surface area contributed by atoms with E-state index in [4.69, 9.17) is 0 Å². The molecule has 0 radical (unpaired) electrons. The molecule has 0 saturated carbocycles. The first-order valence-electron chi connectivity index (χ1n) is 7.66. The highest BCUT2D eigenvalue weighted by molar-refractivity contribution is 5.96. The second-order valence-corrected chi connectivity index (χ2v) is 6.16. The van der Waals surface area contributed by atoms with Gasteiger partial charge in [0.15, 0.2) is 0 Å². The summed E-state index contributed by atoms with van der Waals surface area (Å²) >= 11 is 0. The fourth-order valence-electron chi connectivity index (χ4n) is 3.59. The lowest BCUT2D eigenvalue weighted by atomic mass is 10.00. The molecule has 2 N–H and O–H groups in total. The van der Waals surface area contributed by atoms with E-state index >= 15 is 0 Å². The van der Waals surface area contributed by atoms with E-state index in [1.807, 2.05) is 12.1 Å². The maximum atomic E-state index is 12.8. The number of hydrogen-bond acceptors (Lipinski definition) is 4. The van der Waals surface area contributed by atoms with Gasteiger partial charge in [0.2, 0.25) is 0 Å². The van der Waals surface area contributed by atoms with Crippen LogP contribution in [0.25, 0.3) is 0 Å². The molecule has 2 heterocycles. The molecule has 6 heteroatoms. The summed E-state index contributed by atoms with van der Waals surface area (Å²) in [5.74, 6) is 0.0122. The van der Waals surface area contributed by atoms with Gasteiger partial charge in [-0.05, 0) is 36.5 Å². The predicted octanol–water partition coefficient (Wildman–Crippen LogP) is 1.03. The average molecular weight is 298 g/mol. The molecule has 1 saturated heterocycles. The lowest BCUT2D eigenvalue weighted by Crippen LogP contribution is -2.35. The molecule has 2 aromatic rings. The minimum Gasteiger partial charge on any atom is -0.381 e. The predicted molar refractivity (Wildman–Crippen MR) is 79.3 cm³/mol. The highest BCUT2D eigenvalue weighted by Crippen LogP contribution is 2.32. The Balaban J connectivity index is 1.59. The third-order valence-electron chi connectivity index (χ3n) is 4.80. The van der Waals surface area contributed by atoms with Crippen LogP contribution in [0.15, 0.2) is 24.4 Å². The second-order valence-electron chi connectivity index (χ2n) is 6.16. The Labute approximate surface area is 128 Å². The van der Waals surface area contributed by atoms with Gasteiger partial charge >= 0.3 is 0 Å². The first-order valence-corrected chi connectivity index (χ1v) is 7.66. The topological polar surface area (TPSA) is 82.1 Å². The number of H-pyrrole nitrogens is 1. The summed E-state index contributed by atoms with van der Waals surface area (Å²) in [6.45, 7) is 0.799. The Morgan fingerprint density at radius 1 is 1.36 bits per heavy atom. The minimum absolute atomic E-state index is 0.0122. The molecule has 1 aromatic heterocycles. The van der Waals surface area contributed by atoms with E-state index < -0.39 is 5.60 Å². The van der Waals surface area contributed by atoms with E-state index in [0.29, 0.717) is 18.7 Å². The number of rotatable bonds is 2. The van der Waals surface area contributed by atoms with Gasteiger partial charge in [0.25, 0.3) is 5.91 Å². The lowest BCUT2D eigenvalue weighted by molar-refractivity contribution is 0.0382. The van der Waals surface area contributed by atoms with E-state index in [1.165, 1.54) is 17.3 Å². The third kappa shape index (κ3) is 2.02. The van der Waals surface area contributed by atoms with Crippen LogP contribution in [-0.4, -0.2) is 44.4 Å². The minimum atomic E-state index is -1.10. The fraction of sp³-hybridized carbons (Fsp3) is 0.438. The largest absolute Gasteiger partial charge is 0.381 e. The van der Waals surface area contributed by atoms with Crippen LogP contribution < -0.4 is 0 Å². The van der Waals surface area contributed by atoms with Crippen LogP contribution in [0, 0.1) is 0 Å². The molecule has 1 atom stereocenters. The summed E-state index contributed by atoms with van der Waals surface area (Å²) in [4.78, 5) is 14.6. The van der Waals surface area contributed by atoms with Crippen molar-refractivity contribution in [3.8, 4) is 0 Å². The smallest absolute Gasteiger partial charge is 0.254 e. The molecule has 6 nitrogen and oxygen atoms in total.